The third-order valence-electron chi connectivity index (χ3n) is 11.8. The summed E-state index contributed by atoms with van der Waals surface area (Å²) in [4.78, 5) is 0. The van der Waals surface area contributed by atoms with E-state index in [9.17, 15) is 0 Å². The molecule has 0 nitrogen and oxygen atoms in total. The predicted molar refractivity (Wildman–Crippen MR) is 230 cm³/mol. The molecule has 0 heteroatoms. The minimum Gasteiger partial charge on any atom is -0.0765 e. The Bertz CT molecular complexity index is 2550. The van der Waals surface area contributed by atoms with E-state index in [1.807, 2.05) is 12.1 Å². The highest BCUT2D eigenvalue weighted by Crippen LogP contribution is 2.48. The third-order valence-corrected chi connectivity index (χ3v) is 11.8. The Labute approximate surface area is 330 Å². The molecule has 0 amide bonds. The van der Waals surface area contributed by atoms with E-state index >= 15 is 0 Å². The van der Waals surface area contributed by atoms with Crippen LogP contribution in [0.2, 0.25) is 0 Å². The van der Waals surface area contributed by atoms with Crippen molar-refractivity contribution >= 4 is 0 Å². The Morgan fingerprint density at radius 3 is 0.893 bits per heavy atom. The fraction of sp³-hybridized carbons (Fsp3) is 0.0714. The molecule has 0 saturated heterocycles. The number of hydrogen-bond donors (Lipinski definition) is 0. The molecule has 2 aliphatic rings. The molecule has 0 radical (unpaired) electrons. The lowest BCUT2D eigenvalue weighted by Gasteiger charge is -2.38. The summed E-state index contributed by atoms with van der Waals surface area (Å²) in [6.45, 7) is 0. The Hall–Kier alpha value is -7.12. The Balaban J connectivity index is 1.09. The fourth-order valence-electron chi connectivity index (χ4n) is 9.10. The first-order chi connectivity index (χ1) is 27.7. The Morgan fingerprint density at radius 1 is 0.286 bits per heavy atom. The molecular weight excluding hydrogens is 673 g/mol. The highest BCUT2D eigenvalue weighted by Gasteiger charge is 2.42. The maximum absolute atomic E-state index is 3.86. The van der Waals surface area contributed by atoms with Gasteiger partial charge in [0.2, 0.25) is 0 Å². The molecule has 0 atom stereocenters. The van der Waals surface area contributed by atoms with Crippen molar-refractivity contribution in [2.45, 2.75) is 23.7 Å². The number of hydrogen-bond acceptors (Lipinski definition) is 0. The van der Waals surface area contributed by atoms with Gasteiger partial charge in [-0.2, -0.15) is 0 Å². The zero-order valence-corrected chi connectivity index (χ0v) is 31.0. The molecule has 0 saturated carbocycles. The Morgan fingerprint density at radius 2 is 0.571 bits per heavy atom. The minimum absolute atomic E-state index is 0.616. The van der Waals surface area contributed by atoms with Gasteiger partial charge in [-0.25, -0.2) is 0 Å². The van der Waals surface area contributed by atoms with Crippen molar-refractivity contribution in [2.75, 3.05) is 0 Å². The maximum Gasteiger partial charge on any atom is 0.107 e. The number of benzene rings is 8. The lowest BCUT2D eigenvalue weighted by Crippen LogP contribution is -2.33. The van der Waals surface area contributed by atoms with Gasteiger partial charge in [-0.15, -0.1) is 0 Å². The van der Waals surface area contributed by atoms with Gasteiger partial charge in [0.1, 0.15) is 10.8 Å². The summed E-state index contributed by atoms with van der Waals surface area (Å²) >= 11 is 0. The van der Waals surface area contributed by atoms with Crippen molar-refractivity contribution in [2.24, 2.45) is 0 Å². The first-order valence-electron chi connectivity index (χ1n) is 19.4. The van der Waals surface area contributed by atoms with Gasteiger partial charge >= 0.3 is 0 Å². The van der Waals surface area contributed by atoms with Crippen LogP contribution in [0.3, 0.4) is 0 Å². The maximum atomic E-state index is 3.86. The molecule has 0 bridgehead atoms. The second kappa shape index (κ2) is 13.9. The highest BCUT2D eigenvalue weighted by atomic mass is 14.4. The predicted octanol–water partition coefficient (Wildman–Crippen LogP) is 11.9. The van der Waals surface area contributed by atoms with E-state index in [-0.39, 0.29) is 0 Å². The van der Waals surface area contributed by atoms with Gasteiger partial charge in [-0.05, 0) is 104 Å². The van der Waals surface area contributed by atoms with E-state index in [0.29, 0.717) is 0 Å². The lowest BCUT2D eigenvalue weighted by molar-refractivity contribution is 0.755. The molecule has 8 aromatic rings. The topological polar surface area (TPSA) is 0 Å². The average Bonchev–Trinajstić information content (AvgIpc) is 3.27. The first kappa shape index (κ1) is 33.4. The van der Waals surface area contributed by atoms with Gasteiger partial charge in [0.05, 0.1) is 0 Å². The van der Waals surface area contributed by atoms with Crippen molar-refractivity contribution < 1.29 is 0 Å². The van der Waals surface area contributed by atoms with E-state index in [2.05, 4.69) is 218 Å². The zero-order chi connectivity index (χ0) is 37.4. The fourth-order valence-corrected chi connectivity index (χ4v) is 9.10. The van der Waals surface area contributed by atoms with Gasteiger partial charge in [-0.3, -0.25) is 0 Å². The number of rotatable bonds is 3. The SMILES string of the molecule is C(#CC1(c2ccc(-c3ccc(C4(C#Cc5ccccc5)c5ccccc5Cc5ccccc54)cc3)cc2)c2ccccc2Cc2ccccc21)c1ccccc1. The summed E-state index contributed by atoms with van der Waals surface area (Å²) < 4.78 is 0. The standard InChI is InChI=1S/C56H38/c1-3-15-41(16-4-1)35-37-55(51-23-11-7-19-45(51)39-46-20-8-12-24-52(46)55)49-31-27-43(28-32-49)44-29-33-50(34-30-44)56(38-36-42-17-5-2-6-18-42)53-25-13-9-21-47(53)40-48-22-10-14-26-54(48)56/h1-34H,39-40H2. The van der Waals surface area contributed by atoms with Crippen LogP contribution in [-0.2, 0) is 23.7 Å². The monoisotopic (exact) mass is 710 g/mol. The second-order valence-corrected chi connectivity index (χ2v) is 14.9. The van der Waals surface area contributed by atoms with E-state index in [1.165, 1.54) is 55.6 Å². The van der Waals surface area contributed by atoms with Crippen LogP contribution in [0.15, 0.2) is 206 Å². The molecule has 56 heavy (non-hydrogen) atoms. The van der Waals surface area contributed by atoms with Crippen molar-refractivity contribution in [3.8, 4) is 34.8 Å². The zero-order valence-electron chi connectivity index (χ0n) is 31.0. The highest BCUT2D eigenvalue weighted by molar-refractivity contribution is 5.72. The minimum atomic E-state index is -0.616. The van der Waals surface area contributed by atoms with Crippen LogP contribution in [0.4, 0.5) is 0 Å². The van der Waals surface area contributed by atoms with Crippen molar-refractivity contribution in [3.63, 3.8) is 0 Å². The van der Waals surface area contributed by atoms with Crippen LogP contribution in [-0.4, -0.2) is 0 Å². The van der Waals surface area contributed by atoms with Crippen LogP contribution in [0.5, 0.6) is 0 Å². The van der Waals surface area contributed by atoms with Crippen LogP contribution in [0.25, 0.3) is 11.1 Å². The van der Waals surface area contributed by atoms with Crippen molar-refractivity contribution in [3.05, 3.63) is 273 Å². The van der Waals surface area contributed by atoms with Gasteiger partial charge in [0.15, 0.2) is 0 Å². The average molecular weight is 711 g/mol. The molecule has 10 rings (SSSR count). The van der Waals surface area contributed by atoms with E-state index in [0.717, 1.165) is 35.1 Å². The molecule has 0 fully saturated rings. The Kier molecular flexibility index (Phi) is 8.33. The van der Waals surface area contributed by atoms with E-state index in [4.69, 9.17) is 0 Å². The van der Waals surface area contributed by atoms with Gasteiger partial charge < -0.3 is 0 Å². The molecule has 0 heterocycles. The largest absolute Gasteiger partial charge is 0.107 e. The van der Waals surface area contributed by atoms with Crippen molar-refractivity contribution in [1.29, 1.82) is 0 Å². The van der Waals surface area contributed by atoms with Crippen LogP contribution >= 0.6 is 0 Å². The number of fused-ring (bicyclic) bond motifs is 4. The van der Waals surface area contributed by atoms with Gasteiger partial charge in [0, 0.05) is 11.1 Å². The molecule has 0 aliphatic heterocycles. The smallest absolute Gasteiger partial charge is 0.0765 e. The molecule has 0 spiro atoms. The molecule has 0 unspecified atom stereocenters. The van der Waals surface area contributed by atoms with Crippen molar-refractivity contribution in [1.82, 2.24) is 0 Å². The molecule has 0 N–H and O–H groups in total. The van der Waals surface area contributed by atoms with Crippen LogP contribution < -0.4 is 0 Å². The molecule has 2 aliphatic carbocycles. The third kappa shape index (κ3) is 5.59. The first-order valence-corrected chi connectivity index (χ1v) is 19.4. The summed E-state index contributed by atoms with van der Waals surface area (Å²) in [5.41, 5.74) is 15.8. The van der Waals surface area contributed by atoms with Crippen LogP contribution in [0, 0.1) is 23.7 Å². The summed E-state index contributed by atoms with van der Waals surface area (Å²) in [7, 11) is 0. The normalized spacial score (nSPS) is 13.9. The molecule has 0 aromatic heterocycles. The van der Waals surface area contributed by atoms with Gasteiger partial charge in [-0.1, -0.05) is 206 Å². The second-order valence-electron chi connectivity index (χ2n) is 14.9. The summed E-state index contributed by atoms with van der Waals surface area (Å²) in [5, 5.41) is 0. The van der Waals surface area contributed by atoms with E-state index < -0.39 is 10.8 Å². The van der Waals surface area contributed by atoms with E-state index in [1.54, 1.807) is 0 Å². The molecular formula is C56H38. The summed E-state index contributed by atoms with van der Waals surface area (Å²) in [6.07, 6.45) is 1.80. The summed E-state index contributed by atoms with van der Waals surface area (Å²) in [6, 6.07) is 74.3. The quantitative estimate of drug-likeness (QED) is 0.160. The molecule has 262 valence electrons. The summed E-state index contributed by atoms with van der Waals surface area (Å²) in [5.74, 6) is 14.9. The lowest BCUT2D eigenvalue weighted by atomic mass is 9.63. The van der Waals surface area contributed by atoms with Crippen LogP contribution in [0.1, 0.15) is 66.8 Å². The van der Waals surface area contributed by atoms with Gasteiger partial charge in [0.25, 0.3) is 0 Å². The molecule has 8 aromatic carbocycles.